The Bertz CT molecular complexity index is 539. The average Bonchev–Trinajstić information content (AvgIpc) is 3.20. The third-order valence-electron chi connectivity index (χ3n) is 6.61. The van der Waals surface area contributed by atoms with Crippen LogP contribution in [0.15, 0.2) is 42.7 Å². The van der Waals surface area contributed by atoms with E-state index in [0.29, 0.717) is 6.17 Å². The van der Waals surface area contributed by atoms with Crippen LogP contribution in [0.1, 0.15) is 117 Å². The molecular weight excluding hydrogens is 364 g/mol. The summed E-state index contributed by atoms with van der Waals surface area (Å²) < 4.78 is 0. The van der Waals surface area contributed by atoms with E-state index in [1.807, 2.05) is 0 Å². The van der Waals surface area contributed by atoms with Crippen molar-refractivity contribution in [3.8, 4) is 0 Å². The van der Waals surface area contributed by atoms with Gasteiger partial charge in [0.15, 0.2) is 0 Å². The van der Waals surface area contributed by atoms with Gasteiger partial charge in [-0.25, -0.2) is 0 Å². The molecule has 1 atom stereocenters. The molecule has 0 fully saturated rings. The smallest absolute Gasteiger partial charge is 0.105 e. The number of rotatable bonds is 18. The number of hydrogen-bond acceptors (Lipinski definition) is 2. The zero-order valence-corrected chi connectivity index (χ0v) is 20.0. The predicted octanol–water partition coefficient (Wildman–Crippen LogP) is 8.89. The molecule has 170 valence electrons. The number of anilines is 1. The molecule has 2 nitrogen and oxygen atoms in total. The lowest BCUT2D eigenvalue weighted by Crippen LogP contribution is -2.38. The molecule has 0 spiro atoms. The topological polar surface area (TPSA) is 6.48 Å². The van der Waals surface area contributed by atoms with E-state index in [-0.39, 0.29) is 0 Å². The van der Waals surface area contributed by atoms with Gasteiger partial charge in [0, 0.05) is 24.6 Å². The lowest BCUT2D eigenvalue weighted by Gasteiger charge is -2.32. The molecule has 1 aliphatic rings. The van der Waals surface area contributed by atoms with E-state index < -0.39 is 0 Å². The number of para-hydroxylation sites is 1. The van der Waals surface area contributed by atoms with Crippen molar-refractivity contribution in [1.29, 1.82) is 0 Å². The predicted molar refractivity (Wildman–Crippen MR) is 134 cm³/mol. The monoisotopic (exact) mass is 412 g/mol. The summed E-state index contributed by atoms with van der Waals surface area (Å²) in [5.41, 5.74) is 1.32. The molecule has 1 heterocycles. The fourth-order valence-corrected chi connectivity index (χ4v) is 4.69. The molecule has 0 N–H and O–H groups in total. The molecule has 0 bridgehead atoms. The van der Waals surface area contributed by atoms with Gasteiger partial charge in [-0.3, -0.25) is 0 Å². The maximum absolute atomic E-state index is 2.48. The van der Waals surface area contributed by atoms with Gasteiger partial charge in [-0.05, 0) is 31.9 Å². The molecule has 1 unspecified atom stereocenters. The molecule has 30 heavy (non-hydrogen) atoms. The molecule has 0 amide bonds. The third-order valence-corrected chi connectivity index (χ3v) is 6.61. The van der Waals surface area contributed by atoms with E-state index in [0.717, 1.165) is 6.54 Å². The van der Waals surface area contributed by atoms with Crippen LogP contribution in [-0.4, -0.2) is 17.6 Å². The fourth-order valence-electron chi connectivity index (χ4n) is 4.69. The molecule has 1 aromatic rings. The Kier molecular flexibility index (Phi) is 13.5. The van der Waals surface area contributed by atoms with E-state index in [1.165, 1.54) is 108 Å². The SMILES string of the molecule is CCCCCCCCCCCCCCCCCC1N(CC)C=CN1c1ccccc1. The van der Waals surface area contributed by atoms with E-state index in [2.05, 4.69) is 66.4 Å². The van der Waals surface area contributed by atoms with Crippen LogP contribution in [0.4, 0.5) is 5.69 Å². The van der Waals surface area contributed by atoms with E-state index in [4.69, 9.17) is 0 Å². The van der Waals surface area contributed by atoms with Crippen molar-refractivity contribution in [2.45, 2.75) is 123 Å². The van der Waals surface area contributed by atoms with Crippen LogP contribution in [0.25, 0.3) is 0 Å². The molecule has 2 heteroatoms. The number of benzene rings is 1. The van der Waals surface area contributed by atoms with E-state index >= 15 is 0 Å². The van der Waals surface area contributed by atoms with Gasteiger partial charge in [-0.15, -0.1) is 0 Å². The zero-order valence-electron chi connectivity index (χ0n) is 20.0. The Morgan fingerprint density at radius 2 is 1.10 bits per heavy atom. The van der Waals surface area contributed by atoms with Gasteiger partial charge in [0.25, 0.3) is 0 Å². The Hall–Kier alpha value is -1.44. The van der Waals surface area contributed by atoms with Crippen molar-refractivity contribution < 1.29 is 0 Å². The Morgan fingerprint density at radius 3 is 1.60 bits per heavy atom. The summed E-state index contributed by atoms with van der Waals surface area (Å²) in [6.45, 7) is 5.65. The second-order valence-corrected chi connectivity index (χ2v) is 9.09. The second-order valence-electron chi connectivity index (χ2n) is 9.09. The molecule has 1 aliphatic heterocycles. The Labute approximate surface area is 187 Å². The molecular formula is C28H48N2. The van der Waals surface area contributed by atoms with Crippen molar-refractivity contribution in [1.82, 2.24) is 4.90 Å². The van der Waals surface area contributed by atoms with Gasteiger partial charge in [0.2, 0.25) is 0 Å². The van der Waals surface area contributed by atoms with Crippen LogP contribution in [-0.2, 0) is 0 Å². The fraction of sp³-hybridized carbons (Fsp3) is 0.714. The normalized spacial score (nSPS) is 16.0. The largest absolute Gasteiger partial charge is 0.356 e. The van der Waals surface area contributed by atoms with Gasteiger partial charge in [-0.1, -0.05) is 115 Å². The Morgan fingerprint density at radius 1 is 0.600 bits per heavy atom. The van der Waals surface area contributed by atoms with Crippen LogP contribution in [0.5, 0.6) is 0 Å². The lowest BCUT2D eigenvalue weighted by molar-refractivity contribution is 0.291. The van der Waals surface area contributed by atoms with Gasteiger partial charge in [-0.2, -0.15) is 0 Å². The summed E-state index contributed by atoms with van der Waals surface area (Å²) in [5, 5.41) is 0. The van der Waals surface area contributed by atoms with Gasteiger partial charge in [0.05, 0.1) is 0 Å². The van der Waals surface area contributed by atoms with Crippen molar-refractivity contribution in [3.63, 3.8) is 0 Å². The number of hydrogen-bond donors (Lipinski definition) is 0. The van der Waals surface area contributed by atoms with Crippen LogP contribution < -0.4 is 4.90 Å². The zero-order chi connectivity index (χ0) is 21.3. The summed E-state index contributed by atoms with van der Waals surface area (Å²) in [5.74, 6) is 0. The standard InChI is InChI=1S/C28H48N2/c1-3-5-6-7-8-9-10-11-12-13-14-15-16-17-21-24-28-29(4-2)25-26-30(28)27-22-19-18-20-23-27/h18-20,22-23,25-26,28H,3-17,21,24H2,1-2H3. The second kappa shape index (κ2) is 16.3. The minimum Gasteiger partial charge on any atom is -0.356 e. The van der Waals surface area contributed by atoms with Crippen molar-refractivity contribution >= 4 is 5.69 Å². The average molecular weight is 413 g/mol. The highest BCUT2D eigenvalue weighted by Crippen LogP contribution is 2.27. The molecule has 0 saturated carbocycles. The van der Waals surface area contributed by atoms with Gasteiger partial charge in [0.1, 0.15) is 6.17 Å². The molecule has 0 saturated heterocycles. The molecule has 2 rings (SSSR count). The maximum atomic E-state index is 2.48. The van der Waals surface area contributed by atoms with Gasteiger partial charge >= 0.3 is 0 Å². The maximum Gasteiger partial charge on any atom is 0.105 e. The summed E-state index contributed by atoms with van der Waals surface area (Å²) in [4.78, 5) is 4.93. The van der Waals surface area contributed by atoms with Crippen LogP contribution in [0.2, 0.25) is 0 Å². The summed E-state index contributed by atoms with van der Waals surface area (Å²) in [6.07, 6.45) is 27.8. The highest BCUT2D eigenvalue weighted by atomic mass is 15.4. The van der Waals surface area contributed by atoms with Crippen LogP contribution in [0, 0.1) is 0 Å². The molecule has 1 aromatic carbocycles. The quantitative estimate of drug-likeness (QED) is 0.222. The summed E-state index contributed by atoms with van der Waals surface area (Å²) in [6, 6.07) is 10.8. The first-order valence-corrected chi connectivity index (χ1v) is 13.1. The third kappa shape index (κ3) is 9.58. The van der Waals surface area contributed by atoms with E-state index in [9.17, 15) is 0 Å². The van der Waals surface area contributed by atoms with Crippen molar-refractivity contribution in [2.24, 2.45) is 0 Å². The van der Waals surface area contributed by atoms with Crippen molar-refractivity contribution in [3.05, 3.63) is 42.7 Å². The molecule has 0 radical (unpaired) electrons. The van der Waals surface area contributed by atoms with E-state index in [1.54, 1.807) is 0 Å². The summed E-state index contributed by atoms with van der Waals surface area (Å²) in [7, 11) is 0. The first-order chi connectivity index (χ1) is 14.9. The first kappa shape index (κ1) is 24.8. The number of nitrogens with zero attached hydrogens (tertiary/aromatic N) is 2. The van der Waals surface area contributed by atoms with Gasteiger partial charge < -0.3 is 9.80 Å². The summed E-state index contributed by atoms with van der Waals surface area (Å²) >= 11 is 0. The molecule has 0 aliphatic carbocycles. The van der Waals surface area contributed by atoms with Crippen molar-refractivity contribution in [2.75, 3.05) is 11.4 Å². The molecule has 0 aromatic heterocycles. The first-order valence-electron chi connectivity index (χ1n) is 13.1. The van der Waals surface area contributed by atoms with Crippen LogP contribution in [0.3, 0.4) is 0 Å². The number of unbranched alkanes of at least 4 members (excludes halogenated alkanes) is 14. The highest BCUT2D eigenvalue weighted by Gasteiger charge is 2.25. The minimum absolute atomic E-state index is 0.499. The Balaban J connectivity index is 1.45. The minimum atomic E-state index is 0.499. The lowest BCUT2D eigenvalue weighted by atomic mass is 10.0. The van der Waals surface area contributed by atoms with Crippen LogP contribution >= 0.6 is 0 Å². The highest BCUT2D eigenvalue weighted by molar-refractivity contribution is 5.51.